The average molecular weight is 296 g/mol. The van der Waals surface area contributed by atoms with E-state index < -0.39 is 5.92 Å². The molecule has 4 fully saturated rings. The van der Waals surface area contributed by atoms with E-state index in [-0.39, 0.29) is 29.1 Å². The van der Waals surface area contributed by atoms with Crippen LogP contribution in [0.1, 0.15) is 78.1 Å². The highest BCUT2D eigenvalue weighted by Crippen LogP contribution is 2.69. The fourth-order valence-electron chi connectivity index (χ4n) is 7.18. The second kappa shape index (κ2) is 4.45. The van der Waals surface area contributed by atoms with Gasteiger partial charge in [-0.15, -0.1) is 0 Å². The molecule has 6 atom stereocenters. The molecule has 0 bridgehead atoms. The third-order valence-electron chi connectivity index (χ3n) is 8.36. The molecule has 0 aliphatic heterocycles. The van der Waals surface area contributed by atoms with Crippen molar-refractivity contribution >= 4 is 0 Å². The van der Waals surface area contributed by atoms with Gasteiger partial charge in [-0.25, -0.2) is 8.78 Å². The number of hydrogen-bond acceptors (Lipinski definition) is 0. The van der Waals surface area contributed by atoms with Crippen molar-refractivity contribution in [3.63, 3.8) is 0 Å². The van der Waals surface area contributed by atoms with Crippen molar-refractivity contribution in [2.45, 2.75) is 84.0 Å². The van der Waals surface area contributed by atoms with Gasteiger partial charge in [-0.05, 0) is 67.1 Å². The molecule has 120 valence electrons. The van der Waals surface area contributed by atoms with Crippen LogP contribution in [-0.4, -0.2) is 5.92 Å². The quantitative estimate of drug-likeness (QED) is 0.510. The minimum atomic E-state index is -2.40. The van der Waals surface area contributed by atoms with E-state index in [4.69, 9.17) is 0 Å². The molecule has 0 nitrogen and oxygen atoms in total. The van der Waals surface area contributed by atoms with Crippen LogP contribution in [0.5, 0.6) is 0 Å². The topological polar surface area (TPSA) is 0 Å². The maximum absolute atomic E-state index is 15.1. The van der Waals surface area contributed by atoms with Crippen LogP contribution in [-0.2, 0) is 0 Å². The molecular weight excluding hydrogens is 266 g/mol. The van der Waals surface area contributed by atoms with Gasteiger partial charge in [-0.1, -0.05) is 33.1 Å². The van der Waals surface area contributed by atoms with E-state index >= 15 is 8.78 Å². The first-order chi connectivity index (χ1) is 9.87. The normalized spacial score (nSPS) is 55.4. The maximum Gasteiger partial charge on any atom is 0.251 e. The van der Waals surface area contributed by atoms with Crippen LogP contribution in [0.25, 0.3) is 0 Å². The summed E-state index contributed by atoms with van der Waals surface area (Å²) in [4.78, 5) is 0. The molecule has 0 N–H and O–H groups in total. The van der Waals surface area contributed by atoms with Gasteiger partial charge in [0.2, 0.25) is 0 Å². The number of hydrogen-bond donors (Lipinski definition) is 0. The Morgan fingerprint density at radius 1 is 0.810 bits per heavy atom. The summed E-state index contributed by atoms with van der Waals surface area (Å²) in [5.74, 6) is -1.83. The minimum Gasteiger partial charge on any atom is -0.207 e. The third kappa shape index (κ3) is 1.89. The Bertz CT molecular complexity index is 431. The summed E-state index contributed by atoms with van der Waals surface area (Å²) in [6, 6.07) is 0. The van der Waals surface area contributed by atoms with Gasteiger partial charge in [0.25, 0.3) is 5.92 Å². The smallest absolute Gasteiger partial charge is 0.207 e. The molecule has 4 aliphatic rings. The highest BCUT2D eigenvalue weighted by atomic mass is 19.3. The molecule has 4 rings (SSSR count). The first-order valence-electron chi connectivity index (χ1n) is 9.25. The van der Waals surface area contributed by atoms with E-state index in [1.54, 1.807) is 0 Å². The molecule has 0 aromatic carbocycles. The Balaban J connectivity index is 1.74. The monoisotopic (exact) mass is 296 g/mol. The van der Waals surface area contributed by atoms with Gasteiger partial charge in [-0.2, -0.15) is 0 Å². The predicted molar refractivity (Wildman–Crippen MR) is 81.3 cm³/mol. The molecule has 21 heavy (non-hydrogen) atoms. The minimum absolute atomic E-state index is 0.192. The molecule has 0 heterocycles. The summed E-state index contributed by atoms with van der Waals surface area (Å²) < 4.78 is 30.2. The molecule has 0 aromatic rings. The van der Waals surface area contributed by atoms with Crippen LogP contribution in [0, 0.1) is 34.5 Å². The Hall–Kier alpha value is -0.140. The van der Waals surface area contributed by atoms with Crippen molar-refractivity contribution in [3.05, 3.63) is 0 Å². The van der Waals surface area contributed by atoms with Crippen molar-refractivity contribution < 1.29 is 8.78 Å². The van der Waals surface area contributed by atoms with Gasteiger partial charge >= 0.3 is 0 Å². The zero-order chi connectivity index (χ0) is 14.9. The van der Waals surface area contributed by atoms with Crippen LogP contribution in [0.3, 0.4) is 0 Å². The molecule has 4 aliphatic carbocycles. The lowest BCUT2D eigenvalue weighted by molar-refractivity contribution is -0.228. The Morgan fingerprint density at radius 2 is 1.62 bits per heavy atom. The van der Waals surface area contributed by atoms with E-state index in [0.717, 1.165) is 19.3 Å². The van der Waals surface area contributed by atoms with E-state index in [1.807, 2.05) is 0 Å². The molecule has 2 heteroatoms. The van der Waals surface area contributed by atoms with Gasteiger partial charge in [0, 0.05) is 12.3 Å². The standard InChI is InChI=1S/C19H30F2/c1-17-9-5-7-14(17)16-15(8-11-17)18(2)10-4-3-6-13(18)12-19(16,20)21/h13-16H,3-12H2,1-2H3/t13-,14+,15+,16+,17+,18+/m1/s1. The van der Waals surface area contributed by atoms with E-state index in [9.17, 15) is 0 Å². The molecule has 0 radical (unpaired) electrons. The largest absolute Gasteiger partial charge is 0.251 e. The molecule has 0 aromatic heterocycles. The van der Waals surface area contributed by atoms with Crippen molar-refractivity contribution in [2.75, 3.05) is 0 Å². The average Bonchev–Trinajstić information content (AvgIpc) is 2.80. The van der Waals surface area contributed by atoms with Crippen LogP contribution in [0.2, 0.25) is 0 Å². The van der Waals surface area contributed by atoms with Crippen LogP contribution in [0.4, 0.5) is 8.78 Å². The summed E-state index contributed by atoms with van der Waals surface area (Å²) >= 11 is 0. The molecule has 0 unspecified atom stereocenters. The SMILES string of the molecule is C[C@@]12CCC[C@H]1[C@H]1[C@H](CC2)[C@@]2(C)CCCC[C@@H]2CC1(F)F. The second-order valence-electron chi connectivity index (χ2n) is 9.24. The highest BCUT2D eigenvalue weighted by molar-refractivity contribution is 5.11. The van der Waals surface area contributed by atoms with Crippen molar-refractivity contribution in [1.29, 1.82) is 0 Å². The lowest BCUT2D eigenvalue weighted by atomic mass is 9.44. The third-order valence-corrected chi connectivity index (χ3v) is 8.36. The second-order valence-corrected chi connectivity index (χ2v) is 9.24. The Morgan fingerprint density at radius 3 is 2.43 bits per heavy atom. The van der Waals surface area contributed by atoms with E-state index in [0.29, 0.717) is 11.8 Å². The van der Waals surface area contributed by atoms with Crippen molar-refractivity contribution in [3.8, 4) is 0 Å². The van der Waals surface area contributed by atoms with Crippen molar-refractivity contribution in [1.82, 2.24) is 0 Å². The van der Waals surface area contributed by atoms with Gasteiger partial charge < -0.3 is 0 Å². The summed E-state index contributed by atoms with van der Waals surface area (Å²) in [6.07, 6.45) is 10.6. The zero-order valence-corrected chi connectivity index (χ0v) is 13.6. The van der Waals surface area contributed by atoms with E-state index in [1.165, 1.54) is 38.5 Å². The molecule has 0 amide bonds. The lowest BCUT2D eigenvalue weighted by Gasteiger charge is -2.62. The fourth-order valence-corrected chi connectivity index (χ4v) is 7.18. The first-order valence-corrected chi connectivity index (χ1v) is 9.25. The molecule has 0 spiro atoms. The van der Waals surface area contributed by atoms with Crippen LogP contribution < -0.4 is 0 Å². The number of fused-ring (bicyclic) bond motifs is 5. The van der Waals surface area contributed by atoms with Crippen molar-refractivity contribution in [2.24, 2.45) is 34.5 Å². The Kier molecular flexibility index (Phi) is 3.06. The fraction of sp³-hybridized carbons (Fsp3) is 1.00. The summed E-state index contributed by atoms with van der Waals surface area (Å²) in [5, 5.41) is 0. The summed E-state index contributed by atoms with van der Waals surface area (Å²) in [5.41, 5.74) is 0.441. The van der Waals surface area contributed by atoms with Gasteiger partial charge in [-0.3, -0.25) is 0 Å². The van der Waals surface area contributed by atoms with Crippen LogP contribution >= 0.6 is 0 Å². The van der Waals surface area contributed by atoms with Gasteiger partial charge in [0.05, 0.1) is 0 Å². The highest BCUT2D eigenvalue weighted by Gasteiger charge is 2.65. The lowest BCUT2D eigenvalue weighted by Crippen LogP contribution is -2.59. The molecular formula is C19H30F2. The number of halogens is 2. The summed E-state index contributed by atoms with van der Waals surface area (Å²) in [6.45, 7) is 4.69. The molecule has 4 saturated carbocycles. The number of rotatable bonds is 0. The summed E-state index contributed by atoms with van der Waals surface area (Å²) in [7, 11) is 0. The molecule has 0 saturated heterocycles. The predicted octanol–water partition coefficient (Wildman–Crippen LogP) is 6.05. The van der Waals surface area contributed by atoms with Gasteiger partial charge in [0.15, 0.2) is 0 Å². The van der Waals surface area contributed by atoms with Crippen LogP contribution in [0.15, 0.2) is 0 Å². The zero-order valence-electron chi connectivity index (χ0n) is 13.6. The Labute approximate surface area is 128 Å². The number of alkyl halides is 2. The maximum atomic E-state index is 15.1. The van der Waals surface area contributed by atoms with E-state index in [2.05, 4.69) is 13.8 Å². The first kappa shape index (κ1) is 14.5. The van der Waals surface area contributed by atoms with Gasteiger partial charge in [0.1, 0.15) is 0 Å².